The van der Waals surface area contributed by atoms with Gasteiger partial charge < -0.3 is 14.8 Å². The number of hydrogen-bond donors (Lipinski definition) is 1. The van der Waals surface area contributed by atoms with Crippen LogP contribution in [0.5, 0.6) is 0 Å². The Kier molecular flexibility index (Phi) is 8.45. The third kappa shape index (κ3) is 6.18. The predicted molar refractivity (Wildman–Crippen MR) is 76.2 cm³/mol. The van der Waals surface area contributed by atoms with Crippen LogP contribution < -0.4 is 5.32 Å². The smallest absolute Gasteiger partial charge is 0.0701 e. The molecule has 0 radical (unpaired) electrons. The lowest BCUT2D eigenvalue weighted by atomic mass is 10.1. The lowest BCUT2D eigenvalue weighted by Crippen LogP contribution is -2.21. The largest absolute Gasteiger partial charge is 0.382 e. The molecule has 0 aliphatic carbocycles. The number of ether oxygens (including phenoxy) is 2. The fourth-order valence-corrected chi connectivity index (χ4v) is 1.90. The lowest BCUT2D eigenvalue weighted by Gasteiger charge is -2.14. The van der Waals surface area contributed by atoms with Crippen LogP contribution in [0.15, 0.2) is 12.4 Å². The second-order valence-electron chi connectivity index (χ2n) is 4.56. The van der Waals surface area contributed by atoms with Crippen molar-refractivity contribution in [2.45, 2.75) is 39.3 Å². The van der Waals surface area contributed by atoms with E-state index in [0.29, 0.717) is 25.9 Å². The minimum absolute atomic E-state index is 0.406. The SMILES string of the molecule is CCCNC(CC)c1cnn(CCOCCOC)c1. The molecule has 0 bridgehead atoms. The monoisotopic (exact) mass is 269 g/mol. The van der Waals surface area contributed by atoms with E-state index in [1.54, 1.807) is 7.11 Å². The van der Waals surface area contributed by atoms with E-state index in [-0.39, 0.29) is 0 Å². The van der Waals surface area contributed by atoms with Gasteiger partial charge in [0.15, 0.2) is 0 Å². The van der Waals surface area contributed by atoms with Crippen molar-refractivity contribution in [2.75, 3.05) is 33.5 Å². The van der Waals surface area contributed by atoms with E-state index < -0.39 is 0 Å². The molecule has 1 N–H and O–H groups in total. The summed E-state index contributed by atoms with van der Waals surface area (Å²) in [5, 5.41) is 7.91. The van der Waals surface area contributed by atoms with Crippen molar-refractivity contribution in [2.24, 2.45) is 0 Å². The van der Waals surface area contributed by atoms with Gasteiger partial charge in [0, 0.05) is 24.9 Å². The highest BCUT2D eigenvalue weighted by atomic mass is 16.5. The summed E-state index contributed by atoms with van der Waals surface area (Å²) in [7, 11) is 1.68. The highest BCUT2D eigenvalue weighted by Gasteiger charge is 2.10. The van der Waals surface area contributed by atoms with Crippen LogP contribution in [0.25, 0.3) is 0 Å². The molecule has 0 saturated heterocycles. The first-order valence-electron chi connectivity index (χ1n) is 7.14. The topological polar surface area (TPSA) is 48.3 Å². The van der Waals surface area contributed by atoms with Crippen LogP contribution in [0, 0.1) is 0 Å². The van der Waals surface area contributed by atoms with Gasteiger partial charge in [-0.1, -0.05) is 13.8 Å². The van der Waals surface area contributed by atoms with Crippen molar-refractivity contribution in [3.8, 4) is 0 Å². The van der Waals surface area contributed by atoms with Crippen LogP contribution in [-0.4, -0.2) is 43.3 Å². The van der Waals surface area contributed by atoms with E-state index in [2.05, 4.69) is 30.5 Å². The first-order chi connectivity index (χ1) is 9.31. The van der Waals surface area contributed by atoms with Gasteiger partial charge in [-0.05, 0) is 19.4 Å². The van der Waals surface area contributed by atoms with Gasteiger partial charge in [0.2, 0.25) is 0 Å². The van der Waals surface area contributed by atoms with E-state index in [9.17, 15) is 0 Å². The third-order valence-electron chi connectivity index (χ3n) is 3.00. The fourth-order valence-electron chi connectivity index (χ4n) is 1.90. The van der Waals surface area contributed by atoms with E-state index in [4.69, 9.17) is 9.47 Å². The molecule has 0 aromatic carbocycles. The Balaban J connectivity index is 2.33. The molecule has 1 atom stereocenters. The molecular formula is C14H27N3O2. The summed E-state index contributed by atoms with van der Waals surface area (Å²) >= 11 is 0. The standard InChI is InChI=1S/C14H27N3O2/c1-4-6-15-14(5-2)13-11-16-17(12-13)7-8-19-10-9-18-3/h11-12,14-15H,4-10H2,1-3H3. The molecule has 19 heavy (non-hydrogen) atoms. The minimum Gasteiger partial charge on any atom is -0.382 e. The van der Waals surface area contributed by atoms with E-state index in [0.717, 1.165) is 25.9 Å². The van der Waals surface area contributed by atoms with Crippen LogP contribution in [0.3, 0.4) is 0 Å². The second-order valence-corrected chi connectivity index (χ2v) is 4.56. The molecule has 1 rings (SSSR count). The zero-order valence-electron chi connectivity index (χ0n) is 12.4. The Morgan fingerprint density at radius 2 is 2.16 bits per heavy atom. The van der Waals surface area contributed by atoms with Crippen molar-refractivity contribution >= 4 is 0 Å². The highest BCUT2D eigenvalue weighted by molar-refractivity contribution is 5.10. The third-order valence-corrected chi connectivity index (χ3v) is 3.00. The molecule has 0 aliphatic rings. The first kappa shape index (κ1) is 16.1. The normalized spacial score (nSPS) is 12.8. The highest BCUT2D eigenvalue weighted by Crippen LogP contribution is 2.15. The molecule has 1 aromatic heterocycles. The van der Waals surface area contributed by atoms with Gasteiger partial charge >= 0.3 is 0 Å². The zero-order chi connectivity index (χ0) is 13.9. The van der Waals surface area contributed by atoms with Crippen LogP contribution >= 0.6 is 0 Å². The number of nitrogens with one attached hydrogen (secondary N) is 1. The number of methoxy groups -OCH3 is 1. The molecule has 1 heterocycles. The van der Waals surface area contributed by atoms with Crippen molar-refractivity contribution in [1.29, 1.82) is 0 Å². The average molecular weight is 269 g/mol. The molecule has 1 aromatic rings. The van der Waals surface area contributed by atoms with E-state index >= 15 is 0 Å². The lowest BCUT2D eigenvalue weighted by molar-refractivity contribution is 0.0654. The summed E-state index contributed by atoms with van der Waals surface area (Å²) in [6.07, 6.45) is 6.29. The Morgan fingerprint density at radius 3 is 2.84 bits per heavy atom. The van der Waals surface area contributed by atoms with Gasteiger partial charge in [0.25, 0.3) is 0 Å². The molecule has 1 unspecified atom stereocenters. The van der Waals surface area contributed by atoms with E-state index in [1.807, 2.05) is 10.9 Å². The summed E-state index contributed by atoms with van der Waals surface area (Å²) in [4.78, 5) is 0. The van der Waals surface area contributed by atoms with Gasteiger partial charge in [0.1, 0.15) is 0 Å². The molecule has 5 nitrogen and oxygen atoms in total. The minimum atomic E-state index is 0.406. The van der Waals surface area contributed by atoms with Crippen LogP contribution in [-0.2, 0) is 16.0 Å². The molecular weight excluding hydrogens is 242 g/mol. The Labute approximate surface area is 116 Å². The predicted octanol–water partition coefficient (Wildman–Crippen LogP) is 2.00. The molecule has 0 amide bonds. The number of rotatable bonds is 11. The van der Waals surface area contributed by atoms with Gasteiger partial charge in [-0.25, -0.2) is 0 Å². The molecule has 0 spiro atoms. The fraction of sp³-hybridized carbons (Fsp3) is 0.786. The van der Waals surface area contributed by atoms with Gasteiger partial charge in [-0.15, -0.1) is 0 Å². The Hall–Kier alpha value is -0.910. The van der Waals surface area contributed by atoms with Crippen molar-refractivity contribution in [3.63, 3.8) is 0 Å². The zero-order valence-corrected chi connectivity index (χ0v) is 12.4. The van der Waals surface area contributed by atoms with Crippen molar-refractivity contribution in [1.82, 2.24) is 15.1 Å². The summed E-state index contributed by atoms with van der Waals surface area (Å²) in [5.41, 5.74) is 1.26. The average Bonchev–Trinajstić information content (AvgIpc) is 2.88. The van der Waals surface area contributed by atoms with Crippen LogP contribution in [0.4, 0.5) is 0 Å². The quantitative estimate of drug-likeness (QED) is 0.624. The number of aromatic nitrogens is 2. The molecule has 0 saturated carbocycles. The first-order valence-corrected chi connectivity index (χ1v) is 7.14. The van der Waals surface area contributed by atoms with Crippen LogP contribution in [0.2, 0.25) is 0 Å². The van der Waals surface area contributed by atoms with Crippen molar-refractivity contribution < 1.29 is 9.47 Å². The second kappa shape index (κ2) is 9.95. The number of hydrogen-bond acceptors (Lipinski definition) is 4. The van der Waals surface area contributed by atoms with Crippen LogP contribution in [0.1, 0.15) is 38.3 Å². The molecule has 5 heteroatoms. The van der Waals surface area contributed by atoms with Gasteiger partial charge in [-0.2, -0.15) is 5.10 Å². The molecule has 0 aliphatic heterocycles. The number of nitrogens with zero attached hydrogens (tertiary/aromatic N) is 2. The van der Waals surface area contributed by atoms with E-state index in [1.165, 1.54) is 5.56 Å². The maximum Gasteiger partial charge on any atom is 0.0701 e. The van der Waals surface area contributed by atoms with Crippen molar-refractivity contribution in [3.05, 3.63) is 18.0 Å². The summed E-state index contributed by atoms with van der Waals surface area (Å²) in [6, 6.07) is 0.406. The maximum atomic E-state index is 5.44. The summed E-state index contributed by atoms with van der Waals surface area (Å²) in [6.45, 7) is 8.16. The Morgan fingerprint density at radius 1 is 1.32 bits per heavy atom. The summed E-state index contributed by atoms with van der Waals surface area (Å²) < 4.78 is 12.3. The van der Waals surface area contributed by atoms with Gasteiger partial charge in [-0.3, -0.25) is 4.68 Å². The molecule has 0 fully saturated rings. The van der Waals surface area contributed by atoms with Gasteiger partial charge in [0.05, 0.1) is 32.6 Å². The molecule has 110 valence electrons. The Bertz CT molecular complexity index is 328. The summed E-state index contributed by atoms with van der Waals surface area (Å²) in [5.74, 6) is 0. The maximum absolute atomic E-state index is 5.44.